The van der Waals surface area contributed by atoms with Crippen LogP contribution >= 0.6 is 11.3 Å². The van der Waals surface area contributed by atoms with Crippen molar-refractivity contribution in [3.05, 3.63) is 150 Å². The molecule has 1 heterocycles. The third kappa shape index (κ3) is 4.80. The van der Waals surface area contributed by atoms with Crippen molar-refractivity contribution in [3.8, 4) is 22.3 Å². The lowest BCUT2D eigenvalue weighted by Gasteiger charge is -2.29. The van der Waals surface area contributed by atoms with Crippen molar-refractivity contribution in [3.63, 3.8) is 0 Å². The van der Waals surface area contributed by atoms with Gasteiger partial charge in [-0.3, -0.25) is 0 Å². The predicted octanol–water partition coefficient (Wildman–Crippen LogP) is 13.9. The van der Waals surface area contributed by atoms with E-state index in [2.05, 4.69) is 153 Å². The molecule has 236 valence electrons. The lowest BCUT2D eigenvalue weighted by atomic mass is 9.82. The molecule has 0 saturated heterocycles. The average Bonchev–Trinajstić information content (AvgIpc) is 3.61. The number of hydrogen-bond donors (Lipinski definition) is 0. The van der Waals surface area contributed by atoms with Gasteiger partial charge in [0, 0.05) is 37.0 Å². The molecule has 2 heteroatoms. The molecule has 1 aromatic heterocycles. The highest BCUT2D eigenvalue weighted by atomic mass is 32.1. The van der Waals surface area contributed by atoms with Crippen molar-refractivity contribution < 1.29 is 0 Å². The monoisotopic (exact) mass is 639 g/mol. The van der Waals surface area contributed by atoms with Crippen LogP contribution in [0.4, 0.5) is 17.1 Å². The summed E-state index contributed by atoms with van der Waals surface area (Å²) in [7, 11) is 0. The van der Waals surface area contributed by atoms with Crippen molar-refractivity contribution >= 4 is 48.6 Å². The van der Waals surface area contributed by atoms with Gasteiger partial charge in [0.25, 0.3) is 0 Å². The molecule has 2 aliphatic carbocycles. The summed E-state index contributed by atoms with van der Waals surface area (Å²) in [4.78, 5) is 2.52. The van der Waals surface area contributed by atoms with Gasteiger partial charge in [-0.05, 0) is 119 Å². The summed E-state index contributed by atoms with van der Waals surface area (Å²) in [6.07, 6.45) is 6.72. The van der Waals surface area contributed by atoms with Crippen LogP contribution in [0.3, 0.4) is 0 Å². The average molecular weight is 640 g/mol. The fraction of sp³-hybridized carbons (Fsp3) is 0.217. The molecule has 0 unspecified atom stereocenters. The van der Waals surface area contributed by atoms with Gasteiger partial charge in [0.2, 0.25) is 0 Å². The molecule has 1 fully saturated rings. The summed E-state index contributed by atoms with van der Waals surface area (Å²) in [5.74, 6) is 0.689. The molecule has 48 heavy (non-hydrogen) atoms. The van der Waals surface area contributed by atoms with Gasteiger partial charge in [-0.1, -0.05) is 112 Å². The van der Waals surface area contributed by atoms with E-state index in [4.69, 9.17) is 0 Å². The number of benzene rings is 6. The van der Waals surface area contributed by atoms with Crippen molar-refractivity contribution in [1.29, 1.82) is 0 Å². The Morgan fingerprint density at radius 1 is 0.604 bits per heavy atom. The van der Waals surface area contributed by atoms with E-state index in [1.807, 2.05) is 11.3 Å². The van der Waals surface area contributed by atoms with Crippen molar-refractivity contribution in [2.24, 2.45) is 0 Å². The predicted molar refractivity (Wildman–Crippen MR) is 208 cm³/mol. The molecular formula is C46H41NS. The van der Waals surface area contributed by atoms with Crippen molar-refractivity contribution in [2.45, 2.75) is 64.2 Å². The van der Waals surface area contributed by atoms with Crippen LogP contribution in [0.1, 0.15) is 74.1 Å². The van der Waals surface area contributed by atoms with Gasteiger partial charge in [-0.15, -0.1) is 11.3 Å². The van der Waals surface area contributed by atoms with Crippen LogP contribution in [0.15, 0.2) is 127 Å². The SMILES string of the molecule is Cc1ccc2c(c1)sc1cccc(N(c3ccc(C4CCCCC4)cc3)c3ccc4c(c3)C(C)(C)c3ccc(-c5ccccc5)cc3-4)c12. The van der Waals surface area contributed by atoms with Crippen LogP contribution in [0, 0.1) is 6.92 Å². The van der Waals surface area contributed by atoms with Crippen LogP contribution in [0.5, 0.6) is 0 Å². The Balaban J connectivity index is 1.22. The summed E-state index contributed by atoms with van der Waals surface area (Å²) in [5, 5.41) is 2.67. The lowest BCUT2D eigenvalue weighted by Crippen LogP contribution is -2.16. The molecule has 0 spiro atoms. The third-order valence-corrected chi connectivity index (χ3v) is 12.2. The highest BCUT2D eigenvalue weighted by Gasteiger charge is 2.36. The van der Waals surface area contributed by atoms with Gasteiger partial charge >= 0.3 is 0 Å². The second-order valence-electron chi connectivity index (χ2n) is 14.5. The first-order chi connectivity index (χ1) is 23.5. The Morgan fingerprint density at radius 2 is 1.40 bits per heavy atom. The maximum Gasteiger partial charge on any atom is 0.0554 e. The van der Waals surface area contributed by atoms with Crippen LogP contribution in [0.25, 0.3) is 42.4 Å². The molecule has 0 atom stereocenters. The number of fused-ring (bicyclic) bond motifs is 6. The minimum atomic E-state index is -0.106. The van der Waals surface area contributed by atoms with Gasteiger partial charge < -0.3 is 4.90 Å². The van der Waals surface area contributed by atoms with Crippen molar-refractivity contribution in [2.75, 3.05) is 4.90 Å². The van der Waals surface area contributed by atoms with Crippen molar-refractivity contribution in [1.82, 2.24) is 0 Å². The molecule has 0 radical (unpaired) electrons. The molecule has 0 N–H and O–H groups in total. The van der Waals surface area contributed by atoms with E-state index in [1.54, 1.807) is 0 Å². The topological polar surface area (TPSA) is 3.24 Å². The van der Waals surface area contributed by atoms with Gasteiger partial charge in [0.05, 0.1) is 5.69 Å². The molecule has 7 aromatic rings. The van der Waals surface area contributed by atoms with Gasteiger partial charge in [-0.2, -0.15) is 0 Å². The van der Waals surface area contributed by atoms with E-state index in [0.717, 1.165) is 0 Å². The molecule has 0 amide bonds. The van der Waals surface area contributed by atoms with Crippen LogP contribution in [-0.2, 0) is 5.41 Å². The quantitative estimate of drug-likeness (QED) is 0.181. The number of rotatable bonds is 5. The minimum Gasteiger partial charge on any atom is -0.310 e. The van der Waals surface area contributed by atoms with E-state index in [-0.39, 0.29) is 5.41 Å². The maximum absolute atomic E-state index is 2.52. The van der Waals surface area contributed by atoms with Crippen LogP contribution in [-0.4, -0.2) is 0 Å². The Hall–Kier alpha value is -4.66. The van der Waals surface area contributed by atoms with E-state index in [0.29, 0.717) is 5.92 Å². The van der Waals surface area contributed by atoms with Crippen LogP contribution < -0.4 is 4.90 Å². The van der Waals surface area contributed by atoms with Gasteiger partial charge in [0.15, 0.2) is 0 Å². The summed E-state index contributed by atoms with van der Waals surface area (Å²) in [5.41, 5.74) is 14.4. The first-order valence-electron chi connectivity index (χ1n) is 17.6. The zero-order valence-corrected chi connectivity index (χ0v) is 28.9. The first kappa shape index (κ1) is 29.5. The molecule has 0 aliphatic heterocycles. The van der Waals surface area contributed by atoms with Crippen LogP contribution in [0.2, 0.25) is 0 Å². The summed E-state index contributed by atoms with van der Waals surface area (Å²) in [6.45, 7) is 6.97. The van der Waals surface area contributed by atoms with Gasteiger partial charge in [0.1, 0.15) is 0 Å². The van der Waals surface area contributed by atoms with E-state index < -0.39 is 0 Å². The zero-order valence-electron chi connectivity index (χ0n) is 28.1. The summed E-state index contributed by atoms with van der Waals surface area (Å²) < 4.78 is 2.68. The number of nitrogens with zero attached hydrogens (tertiary/aromatic N) is 1. The summed E-state index contributed by atoms with van der Waals surface area (Å²) >= 11 is 1.90. The lowest BCUT2D eigenvalue weighted by molar-refractivity contribution is 0.443. The maximum atomic E-state index is 2.52. The molecule has 1 saturated carbocycles. The fourth-order valence-electron chi connectivity index (χ4n) is 8.55. The highest BCUT2D eigenvalue weighted by Crippen LogP contribution is 2.52. The molecule has 0 bridgehead atoms. The Labute approximate surface area is 288 Å². The largest absolute Gasteiger partial charge is 0.310 e. The first-order valence-corrected chi connectivity index (χ1v) is 18.4. The Morgan fingerprint density at radius 3 is 2.21 bits per heavy atom. The number of hydrogen-bond acceptors (Lipinski definition) is 2. The standard InChI is InChI=1S/C46H41NS/c1-30-17-24-38-44(27-30)48-43-16-10-15-42(45(38)43)47(35-21-18-33(19-22-35)31-11-6-4-7-12-31)36-23-25-37-39-28-34(32-13-8-5-9-14-32)20-26-40(39)46(2,3)41(37)29-36/h5,8-10,13-29,31H,4,6-7,11-12H2,1-3H3. The van der Waals surface area contributed by atoms with E-state index >= 15 is 0 Å². The van der Waals surface area contributed by atoms with Gasteiger partial charge in [-0.25, -0.2) is 0 Å². The zero-order chi connectivity index (χ0) is 32.4. The molecule has 6 aromatic carbocycles. The van der Waals surface area contributed by atoms with E-state index in [1.165, 1.54) is 114 Å². The second kappa shape index (κ2) is 11.5. The summed E-state index contributed by atoms with van der Waals surface area (Å²) in [6, 6.07) is 48.4. The Kier molecular flexibility index (Phi) is 7.06. The molecule has 9 rings (SSSR count). The second-order valence-corrected chi connectivity index (χ2v) is 15.6. The normalized spacial score (nSPS) is 15.5. The molecule has 1 nitrogen and oxygen atoms in total. The Bertz CT molecular complexity index is 2300. The highest BCUT2D eigenvalue weighted by molar-refractivity contribution is 7.26. The number of thiophene rings is 1. The van der Waals surface area contributed by atoms with E-state index in [9.17, 15) is 0 Å². The minimum absolute atomic E-state index is 0.106. The number of aryl methyl sites for hydroxylation is 1. The fourth-order valence-corrected chi connectivity index (χ4v) is 9.77. The molecule has 2 aliphatic rings. The number of anilines is 3. The smallest absolute Gasteiger partial charge is 0.0554 e. The third-order valence-electron chi connectivity index (χ3n) is 11.1. The molecular weight excluding hydrogens is 599 g/mol.